The molecule has 4 nitrogen and oxygen atoms in total. The lowest BCUT2D eigenvalue weighted by Gasteiger charge is -2.31. The molecule has 106 valence electrons. The molecule has 1 saturated heterocycles. The highest BCUT2D eigenvalue weighted by atomic mass is 32.1. The highest BCUT2D eigenvalue weighted by Gasteiger charge is 2.26. The van der Waals surface area contributed by atoms with Crippen LogP contribution >= 0.6 is 11.3 Å². The van der Waals surface area contributed by atoms with Crippen molar-refractivity contribution in [2.24, 2.45) is 0 Å². The summed E-state index contributed by atoms with van der Waals surface area (Å²) in [4.78, 5) is 14.2. The van der Waals surface area contributed by atoms with Crippen LogP contribution in [0.5, 0.6) is 0 Å². The second kappa shape index (κ2) is 4.67. The number of aryl methyl sites for hydroxylation is 3. The van der Waals surface area contributed by atoms with Crippen molar-refractivity contribution in [1.82, 2.24) is 9.97 Å². The van der Waals surface area contributed by atoms with Gasteiger partial charge in [0, 0.05) is 18.0 Å². The highest BCUT2D eigenvalue weighted by Crippen LogP contribution is 2.40. The van der Waals surface area contributed by atoms with Crippen molar-refractivity contribution in [1.29, 1.82) is 0 Å². The normalized spacial score (nSPS) is 22.5. The number of nitrogens with zero attached hydrogens (tertiary/aromatic N) is 3. The Balaban J connectivity index is 1.88. The van der Waals surface area contributed by atoms with Gasteiger partial charge in [0.15, 0.2) is 0 Å². The first-order chi connectivity index (χ1) is 9.72. The van der Waals surface area contributed by atoms with E-state index in [0.29, 0.717) is 6.54 Å². The first-order valence-corrected chi connectivity index (χ1v) is 8.26. The number of anilines is 1. The SMILES string of the molecule is Cc1nc(N2CCC[C@@H](O)C2)c2c3c(sc2n1)CCC3. The van der Waals surface area contributed by atoms with Gasteiger partial charge in [-0.2, -0.15) is 0 Å². The number of piperidine rings is 1. The van der Waals surface area contributed by atoms with Gasteiger partial charge in [-0.25, -0.2) is 9.97 Å². The number of aliphatic hydroxyl groups is 1. The summed E-state index contributed by atoms with van der Waals surface area (Å²) in [6.45, 7) is 3.66. The third-order valence-electron chi connectivity index (χ3n) is 4.35. The van der Waals surface area contributed by atoms with Crippen molar-refractivity contribution in [3.63, 3.8) is 0 Å². The number of aliphatic hydroxyl groups excluding tert-OH is 1. The fourth-order valence-electron chi connectivity index (χ4n) is 3.46. The second-order valence-corrected chi connectivity index (χ2v) is 6.96. The fraction of sp³-hybridized carbons (Fsp3) is 0.600. The second-order valence-electron chi connectivity index (χ2n) is 5.87. The summed E-state index contributed by atoms with van der Waals surface area (Å²) in [6.07, 6.45) is 5.33. The molecule has 5 heteroatoms. The number of β-amino-alcohol motifs (C(OH)–C–C–N with tert-alkyl or cyclic N) is 1. The fourth-order valence-corrected chi connectivity index (χ4v) is 4.76. The first kappa shape index (κ1) is 12.5. The molecule has 1 aliphatic heterocycles. The van der Waals surface area contributed by atoms with Gasteiger partial charge in [-0.05, 0) is 44.6 Å². The van der Waals surface area contributed by atoms with Gasteiger partial charge < -0.3 is 10.0 Å². The van der Waals surface area contributed by atoms with E-state index in [1.807, 2.05) is 18.3 Å². The largest absolute Gasteiger partial charge is 0.391 e. The number of rotatable bonds is 1. The van der Waals surface area contributed by atoms with Crippen LogP contribution in [0.3, 0.4) is 0 Å². The van der Waals surface area contributed by atoms with Crippen LogP contribution in [0.25, 0.3) is 10.2 Å². The molecular weight excluding hydrogens is 270 g/mol. The van der Waals surface area contributed by atoms with E-state index in [0.717, 1.165) is 42.3 Å². The zero-order chi connectivity index (χ0) is 13.7. The predicted octanol–water partition coefficient (Wildman–Crippen LogP) is 2.45. The molecule has 0 saturated carbocycles. The molecule has 0 amide bonds. The van der Waals surface area contributed by atoms with Crippen molar-refractivity contribution in [2.45, 2.75) is 45.1 Å². The van der Waals surface area contributed by atoms with Crippen molar-refractivity contribution < 1.29 is 5.11 Å². The first-order valence-electron chi connectivity index (χ1n) is 7.44. The highest BCUT2D eigenvalue weighted by molar-refractivity contribution is 7.19. The summed E-state index contributed by atoms with van der Waals surface area (Å²) in [5, 5.41) is 11.2. The third kappa shape index (κ3) is 1.91. The van der Waals surface area contributed by atoms with Crippen molar-refractivity contribution >= 4 is 27.4 Å². The molecule has 0 aromatic carbocycles. The number of thiophene rings is 1. The molecule has 0 bridgehead atoms. The third-order valence-corrected chi connectivity index (χ3v) is 5.54. The summed E-state index contributed by atoms with van der Waals surface area (Å²) < 4.78 is 0. The molecule has 2 aliphatic rings. The van der Waals surface area contributed by atoms with E-state index in [1.54, 1.807) is 0 Å². The minimum absolute atomic E-state index is 0.222. The molecule has 2 aromatic heterocycles. The van der Waals surface area contributed by atoms with E-state index in [9.17, 15) is 5.11 Å². The standard InChI is InChI=1S/C15H19N3OS/c1-9-16-14(18-7-3-4-10(19)8-18)13-11-5-2-6-12(11)20-15(13)17-9/h10,19H,2-8H2,1H3/t10-/m1/s1. The minimum atomic E-state index is -0.222. The van der Waals surface area contributed by atoms with Gasteiger partial charge in [0.05, 0.1) is 11.5 Å². The molecule has 1 N–H and O–H groups in total. The molecule has 0 unspecified atom stereocenters. The summed E-state index contributed by atoms with van der Waals surface area (Å²) >= 11 is 1.84. The number of hydrogen-bond acceptors (Lipinski definition) is 5. The van der Waals surface area contributed by atoms with E-state index in [-0.39, 0.29) is 6.10 Å². The minimum Gasteiger partial charge on any atom is -0.391 e. The molecule has 1 aliphatic carbocycles. The van der Waals surface area contributed by atoms with Crippen LogP contribution in [-0.2, 0) is 12.8 Å². The Morgan fingerprint density at radius 3 is 3.00 bits per heavy atom. The topological polar surface area (TPSA) is 49.2 Å². The lowest BCUT2D eigenvalue weighted by atomic mass is 10.1. The van der Waals surface area contributed by atoms with Gasteiger partial charge in [0.25, 0.3) is 0 Å². The lowest BCUT2D eigenvalue weighted by molar-refractivity contribution is 0.154. The van der Waals surface area contributed by atoms with E-state index in [4.69, 9.17) is 4.98 Å². The predicted molar refractivity (Wildman–Crippen MR) is 81.6 cm³/mol. The van der Waals surface area contributed by atoms with Crippen LogP contribution in [0.15, 0.2) is 0 Å². The van der Waals surface area contributed by atoms with Crippen molar-refractivity contribution in [3.8, 4) is 0 Å². The summed E-state index contributed by atoms with van der Waals surface area (Å²) in [5.74, 6) is 1.90. The van der Waals surface area contributed by atoms with Gasteiger partial charge in [-0.3, -0.25) is 0 Å². The Morgan fingerprint density at radius 1 is 1.25 bits per heavy atom. The Bertz CT molecular complexity index is 667. The summed E-state index contributed by atoms with van der Waals surface area (Å²) in [6, 6.07) is 0. The average molecular weight is 289 g/mol. The number of fused-ring (bicyclic) bond motifs is 3. The molecule has 1 atom stereocenters. The maximum Gasteiger partial charge on any atom is 0.141 e. The van der Waals surface area contributed by atoms with Crippen LogP contribution in [0.2, 0.25) is 0 Å². The van der Waals surface area contributed by atoms with Gasteiger partial charge in [0.2, 0.25) is 0 Å². The van der Waals surface area contributed by atoms with Crippen LogP contribution in [0.4, 0.5) is 5.82 Å². The molecule has 1 fully saturated rings. The van der Waals surface area contributed by atoms with Crippen molar-refractivity contribution in [2.75, 3.05) is 18.0 Å². The zero-order valence-corrected chi connectivity index (χ0v) is 12.5. The molecule has 20 heavy (non-hydrogen) atoms. The van der Waals surface area contributed by atoms with Crippen LogP contribution in [0.1, 0.15) is 35.5 Å². The molecular formula is C15H19N3OS. The number of hydrogen-bond donors (Lipinski definition) is 1. The van der Waals surface area contributed by atoms with Crippen molar-refractivity contribution in [3.05, 3.63) is 16.3 Å². The van der Waals surface area contributed by atoms with E-state index in [1.165, 1.54) is 28.7 Å². The number of aromatic nitrogens is 2. The maximum atomic E-state index is 9.94. The average Bonchev–Trinajstić information content (AvgIpc) is 2.97. The van der Waals surface area contributed by atoms with Gasteiger partial charge in [0.1, 0.15) is 16.5 Å². The smallest absolute Gasteiger partial charge is 0.141 e. The molecule has 0 radical (unpaired) electrons. The van der Waals surface area contributed by atoms with Crippen LogP contribution in [0, 0.1) is 6.92 Å². The monoisotopic (exact) mass is 289 g/mol. The molecule has 4 rings (SSSR count). The molecule has 0 spiro atoms. The zero-order valence-electron chi connectivity index (χ0n) is 11.7. The molecule has 2 aromatic rings. The Labute approximate surface area is 122 Å². The van der Waals surface area contributed by atoms with E-state index < -0.39 is 0 Å². The van der Waals surface area contributed by atoms with E-state index >= 15 is 0 Å². The van der Waals surface area contributed by atoms with Crippen LogP contribution in [-0.4, -0.2) is 34.3 Å². The molecule has 3 heterocycles. The maximum absolute atomic E-state index is 9.94. The summed E-state index contributed by atoms with van der Waals surface area (Å²) in [7, 11) is 0. The van der Waals surface area contributed by atoms with Crippen LogP contribution < -0.4 is 4.90 Å². The Morgan fingerprint density at radius 2 is 2.15 bits per heavy atom. The Kier molecular flexibility index (Phi) is 2.93. The van der Waals surface area contributed by atoms with Gasteiger partial charge in [-0.1, -0.05) is 0 Å². The van der Waals surface area contributed by atoms with E-state index in [2.05, 4.69) is 9.88 Å². The Hall–Kier alpha value is -1.20. The quantitative estimate of drug-likeness (QED) is 0.876. The summed E-state index contributed by atoms with van der Waals surface area (Å²) in [5.41, 5.74) is 1.47. The van der Waals surface area contributed by atoms with Gasteiger partial charge in [-0.15, -0.1) is 11.3 Å². The van der Waals surface area contributed by atoms with Gasteiger partial charge >= 0.3 is 0 Å². The lowest BCUT2D eigenvalue weighted by Crippen LogP contribution is -2.39.